The van der Waals surface area contributed by atoms with Crippen LogP contribution in [0.15, 0.2) is 12.5 Å². The van der Waals surface area contributed by atoms with Crippen molar-refractivity contribution < 1.29 is 9.53 Å². The van der Waals surface area contributed by atoms with E-state index in [2.05, 4.69) is 14.7 Å². The molecular weight excluding hydrogens is 182 g/mol. The first kappa shape index (κ1) is 8.93. The molecule has 1 aromatic heterocycles. The molecule has 0 N–H and O–H groups in total. The van der Waals surface area contributed by atoms with Crippen LogP contribution in [0.1, 0.15) is 11.3 Å². The van der Waals surface area contributed by atoms with E-state index in [4.69, 9.17) is 0 Å². The Morgan fingerprint density at radius 2 is 2.50 bits per heavy atom. The van der Waals surface area contributed by atoms with Gasteiger partial charge in [0.2, 0.25) is 0 Å². The van der Waals surface area contributed by atoms with E-state index in [0.717, 1.165) is 17.7 Å². The molecule has 0 aromatic carbocycles. The van der Waals surface area contributed by atoms with Gasteiger partial charge in [-0.15, -0.1) is 0 Å². The van der Waals surface area contributed by atoms with Gasteiger partial charge in [-0.05, 0) is 0 Å². The van der Waals surface area contributed by atoms with E-state index < -0.39 is 0 Å². The fraction of sp³-hybridized carbons (Fsp3) is 0.444. The number of hydrogen-bond donors (Lipinski definition) is 0. The van der Waals surface area contributed by atoms with Crippen LogP contribution in [0.3, 0.4) is 0 Å². The second-order valence-corrected chi connectivity index (χ2v) is 3.14. The summed E-state index contributed by atoms with van der Waals surface area (Å²) in [5.41, 5.74) is 2.03. The zero-order chi connectivity index (χ0) is 9.97. The van der Waals surface area contributed by atoms with E-state index >= 15 is 0 Å². The highest BCUT2D eigenvalue weighted by molar-refractivity contribution is 5.67. The van der Waals surface area contributed by atoms with E-state index in [9.17, 15) is 4.79 Å². The third-order valence-electron chi connectivity index (χ3n) is 2.29. The maximum atomic E-state index is 11.2. The van der Waals surface area contributed by atoms with Crippen LogP contribution in [0.25, 0.3) is 0 Å². The topological polar surface area (TPSA) is 55.3 Å². The Bertz CT molecular complexity index is 354. The zero-order valence-electron chi connectivity index (χ0n) is 7.93. The van der Waals surface area contributed by atoms with E-state index in [-0.39, 0.29) is 6.09 Å². The number of aromatic nitrogens is 2. The predicted octanol–water partition coefficient (Wildman–Crippen LogP) is 0.601. The van der Waals surface area contributed by atoms with Crippen LogP contribution in [0.4, 0.5) is 4.79 Å². The summed E-state index contributed by atoms with van der Waals surface area (Å²) in [5, 5.41) is 0. The standard InChI is InChI=1S/C9H11N3O2/c1-14-9(13)12-3-2-8-7(5-12)4-10-6-11-8/h4,6H,2-3,5H2,1H3. The normalized spacial score (nSPS) is 14.8. The fourth-order valence-corrected chi connectivity index (χ4v) is 1.55. The smallest absolute Gasteiger partial charge is 0.409 e. The molecule has 1 amide bonds. The average molecular weight is 193 g/mol. The van der Waals surface area contributed by atoms with Crippen LogP contribution < -0.4 is 0 Å². The van der Waals surface area contributed by atoms with E-state index in [1.807, 2.05) is 0 Å². The Labute approximate surface area is 81.7 Å². The van der Waals surface area contributed by atoms with Crippen LogP contribution in [0.5, 0.6) is 0 Å². The van der Waals surface area contributed by atoms with Gasteiger partial charge >= 0.3 is 6.09 Å². The second-order valence-electron chi connectivity index (χ2n) is 3.14. The summed E-state index contributed by atoms with van der Waals surface area (Å²) >= 11 is 0. The minimum absolute atomic E-state index is 0.292. The van der Waals surface area contributed by atoms with Gasteiger partial charge in [0.1, 0.15) is 6.33 Å². The van der Waals surface area contributed by atoms with Crippen molar-refractivity contribution in [2.24, 2.45) is 0 Å². The summed E-state index contributed by atoms with van der Waals surface area (Å²) in [7, 11) is 1.39. The van der Waals surface area contributed by atoms with Gasteiger partial charge in [0, 0.05) is 24.7 Å². The molecule has 0 aliphatic carbocycles. The molecule has 0 saturated heterocycles. The molecule has 0 fully saturated rings. The molecule has 1 aliphatic rings. The molecule has 74 valence electrons. The van der Waals surface area contributed by atoms with Crippen LogP contribution >= 0.6 is 0 Å². The Hall–Kier alpha value is -1.65. The number of methoxy groups -OCH3 is 1. The fourth-order valence-electron chi connectivity index (χ4n) is 1.55. The Morgan fingerprint density at radius 1 is 1.64 bits per heavy atom. The third-order valence-corrected chi connectivity index (χ3v) is 2.29. The molecule has 0 unspecified atom stereocenters. The van der Waals surface area contributed by atoms with E-state index in [1.165, 1.54) is 13.4 Å². The molecule has 2 rings (SSSR count). The molecule has 0 saturated carbocycles. The van der Waals surface area contributed by atoms with Crippen LogP contribution in [-0.4, -0.2) is 34.6 Å². The monoisotopic (exact) mass is 193 g/mol. The first-order valence-corrected chi connectivity index (χ1v) is 4.42. The molecule has 2 heterocycles. The summed E-state index contributed by atoms with van der Waals surface area (Å²) in [4.78, 5) is 21.0. The van der Waals surface area contributed by atoms with E-state index in [0.29, 0.717) is 13.1 Å². The summed E-state index contributed by atoms with van der Waals surface area (Å²) < 4.78 is 4.65. The lowest BCUT2D eigenvalue weighted by atomic mass is 10.1. The lowest BCUT2D eigenvalue weighted by molar-refractivity contribution is 0.118. The van der Waals surface area contributed by atoms with Crippen molar-refractivity contribution in [2.75, 3.05) is 13.7 Å². The van der Waals surface area contributed by atoms with Crippen molar-refractivity contribution in [2.45, 2.75) is 13.0 Å². The number of ether oxygens (including phenoxy) is 1. The molecule has 0 bridgehead atoms. The largest absolute Gasteiger partial charge is 0.453 e. The Morgan fingerprint density at radius 3 is 3.29 bits per heavy atom. The lowest BCUT2D eigenvalue weighted by Gasteiger charge is -2.26. The van der Waals surface area contributed by atoms with Gasteiger partial charge in [0.05, 0.1) is 19.3 Å². The predicted molar refractivity (Wildman–Crippen MR) is 48.6 cm³/mol. The number of amides is 1. The van der Waals surface area contributed by atoms with Gasteiger partial charge in [-0.3, -0.25) is 0 Å². The van der Waals surface area contributed by atoms with Crippen molar-refractivity contribution in [3.8, 4) is 0 Å². The van der Waals surface area contributed by atoms with Gasteiger partial charge in [-0.2, -0.15) is 0 Å². The van der Waals surface area contributed by atoms with Crippen molar-refractivity contribution in [1.29, 1.82) is 0 Å². The number of rotatable bonds is 0. The van der Waals surface area contributed by atoms with E-state index in [1.54, 1.807) is 11.1 Å². The number of carbonyl (C=O) groups is 1. The van der Waals surface area contributed by atoms with Gasteiger partial charge < -0.3 is 9.64 Å². The maximum Gasteiger partial charge on any atom is 0.409 e. The molecule has 1 aliphatic heterocycles. The number of hydrogen-bond acceptors (Lipinski definition) is 4. The number of nitrogens with zero attached hydrogens (tertiary/aromatic N) is 3. The number of carbonyl (C=O) groups excluding carboxylic acids is 1. The maximum absolute atomic E-state index is 11.2. The van der Waals surface area contributed by atoms with Crippen LogP contribution in [-0.2, 0) is 17.7 Å². The SMILES string of the molecule is COC(=O)N1CCc2ncncc2C1. The first-order valence-electron chi connectivity index (χ1n) is 4.42. The summed E-state index contributed by atoms with van der Waals surface area (Å²) in [6.07, 6.45) is 3.76. The zero-order valence-corrected chi connectivity index (χ0v) is 7.93. The quantitative estimate of drug-likeness (QED) is 0.605. The average Bonchev–Trinajstić information content (AvgIpc) is 2.27. The molecular formula is C9H11N3O2. The molecule has 1 aromatic rings. The molecule has 14 heavy (non-hydrogen) atoms. The second kappa shape index (κ2) is 3.61. The highest BCUT2D eigenvalue weighted by atomic mass is 16.5. The van der Waals surface area contributed by atoms with Gasteiger partial charge in [0.25, 0.3) is 0 Å². The first-order chi connectivity index (χ1) is 6.81. The summed E-state index contributed by atoms with van der Waals surface area (Å²) in [5.74, 6) is 0. The van der Waals surface area contributed by atoms with Crippen molar-refractivity contribution >= 4 is 6.09 Å². The highest BCUT2D eigenvalue weighted by Gasteiger charge is 2.21. The molecule has 0 radical (unpaired) electrons. The van der Waals surface area contributed by atoms with Gasteiger partial charge in [0.15, 0.2) is 0 Å². The van der Waals surface area contributed by atoms with Crippen LogP contribution in [0, 0.1) is 0 Å². The molecule has 0 spiro atoms. The minimum atomic E-state index is -0.292. The van der Waals surface area contributed by atoms with Gasteiger partial charge in [-0.25, -0.2) is 14.8 Å². The van der Waals surface area contributed by atoms with Crippen LogP contribution in [0.2, 0.25) is 0 Å². The van der Waals surface area contributed by atoms with Crippen molar-refractivity contribution in [3.05, 3.63) is 23.8 Å². The third kappa shape index (κ3) is 1.53. The molecule has 5 nitrogen and oxygen atoms in total. The number of fused-ring (bicyclic) bond motifs is 1. The van der Waals surface area contributed by atoms with Crippen molar-refractivity contribution in [3.63, 3.8) is 0 Å². The van der Waals surface area contributed by atoms with Gasteiger partial charge in [-0.1, -0.05) is 0 Å². The Kier molecular flexibility index (Phi) is 2.30. The van der Waals surface area contributed by atoms with Crippen molar-refractivity contribution in [1.82, 2.24) is 14.9 Å². The molecule has 5 heteroatoms. The molecule has 0 atom stereocenters. The highest BCUT2D eigenvalue weighted by Crippen LogP contribution is 2.15. The minimum Gasteiger partial charge on any atom is -0.453 e. The Balaban J connectivity index is 2.17. The lowest BCUT2D eigenvalue weighted by Crippen LogP contribution is -2.36. The summed E-state index contributed by atoms with van der Waals surface area (Å²) in [6, 6.07) is 0. The summed E-state index contributed by atoms with van der Waals surface area (Å²) in [6.45, 7) is 1.21.